The predicted molar refractivity (Wildman–Crippen MR) is 375 cm³/mol. The normalized spacial score (nSPS) is 13.0. The molecule has 85 heavy (non-hydrogen) atoms. The van der Waals surface area contributed by atoms with Crippen LogP contribution in [0.4, 0.5) is 0 Å². The van der Waals surface area contributed by atoms with Gasteiger partial charge in [-0.15, -0.1) is 0 Å². The second-order valence-electron chi connectivity index (χ2n) is 23.9. The maximum Gasteiger partial charge on any atom is 0.306 e. The first-order chi connectivity index (χ1) is 42.1. The van der Waals surface area contributed by atoms with Gasteiger partial charge in [-0.2, -0.15) is 0 Å². The number of aliphatic hydroxyl groups excluding tert-OH is 1. The van der Waals surface area contributed by atoms with Crippen molar-refractivity contribution in [3.05, 3.63) is 134 Å². The zero-order valence-electron chi connectivity index (χ0n) is 55.8. The van der Waals surface area contributed by atoms with E-state index < -0.39 is 6.10 Å². The number of hydrogen-bond acceptors (Lipinski definition) is 5. The van der Waals surface area contributed by atoms with Gasteiger partial charge in [0.25, 0.3) is 0 Å². The highest BCUT2D eigenvalue weighted by Gasteiger charge is 2.16. The lowest BCUT2D eigenvalue weighted by Gasteiger charge is -2.15. The number of unbranched alkanes of at least 4 members (excludes halogenated alkanes) is 36. The van der Waals surface area contributed by atoms with Crippen LogP contribution < -0.4 is 0 Å². The Morgan fingerprint density at radius 2 is 0.506 bits per heavy atom. The smallest absolute Gasteiger partial charge is 0.306 e. The molecule has 5 nitrogen and oxygen atoms in total. The van der Waals surface area contributed by atoms with E-state index in [2.05, 4.69) is 148 Å². The molecule has 0 spiro atoms. The largest absolute Gasteiger partial charge is 0.462 e. The van der Waals surface area contributed by atoms with Crippen molar-refractivity contribution < 1.29 is 24.2 Å². The van der Waals surface area contributed by atoms with E-state index >= 15 is 0 Å². The number of rotatable bonds is 66. The Labute approximate surface area is 527 Å². The van der Waals surface area contributed by atoms with Crippen LogP contribution >= 0.6 is 0 Å². The fourth-order valence-electron chi connectivity index (χ4n) is 10.3. The highest BCUT2D eigenvalue weighted by Crippen LogP contribution is 2.18. The number of allylic oxidation sites excluding steroid dienone is 22. The van der Waals surface area contributed by atoms with Crippen LogP contribution in [0.5, 0.6) is 0 Å². The number of aliphatic hydroxyl groups is 1. The Balaban J connectivity index is 3.54. The molecule has 0 aliphatic rings. The van der Waals surface area contributed by atoms with E-state index in [0.29, 0.717) is 12.8 Å². The molecular formula is C80H136O5. The van der Waals surface area contributed by atoms with Crippen LogP contribution in [-0.4, -0.2) is 36.4 Å². The molecule has 1 N–H and O–H groups in total. The van der Waals surface area contributed by atoms with E-state index in [4.69, 9.17) is 9.47 Å². The van der Waals surface area contributed by atoms with Gasteiger partial charge in [-0.1, -0.05) is 366 Å². The number of hydrogen-bond donors (Lipinski definition) is 1. The Bertz CT molecular complexity index is 1720. The molecule has 0 radical (unpaired) electrons. The highest BCUT2D eigenvalue weighted by molar-refractivity contribution is 5.70. The fraction of sp³-hybridized carbons (Fsp3) is 0.700. The van der Waals surface area contributed by atoms with Crippen LogP contribution in [0.2, 0.25) is 0 Å². The third-order valence-electron chi connectivity index (χ3n) is 15.7. The molecule has 0 bridgehead atoms. The second kappa shape index (κ2) is 74.3. The minimum atomic E-state index is -0.787. The summed E-state index contributed by atoms with van der Waals surface area (Å²) in [7, 11) is 0. The molecule has 0 rings (SSSR count). The fourth-order valence-corrected chi connectivity index (χ4v) is 10.3. The maximum atomic E-state index is 12.4. The Morgan fingerprint density at radius 3 is 0.765 bits per heavy atom. The van der Waals surface area contributed by atoms with E-state index in [1.807, 2.05) is 0 Å². The number of ether oxygens (including phenoxy) is 2. The first-order valence-electron chi connectivity index (χ1n) is 36.2. The SMILES string of the molecule is CC/C=C\C/C=C\C/C=C\C/C=C\C/C=C\C/C=C\C/C=C\C/C=C\C/C=C\C/C=C\C/C=C\CCCCCCCCCC(=O)OC(CO)COC(=O)CCCCCCCCCCCCCCCCCCCCCCCCCCCCCCCC. The van der Waals surface area contributed by atoms with E-state index in [1.165, 1.54) is 199 Å². The molecule has 1 atom stereocenters. The molecule has 486 valence electrons. The summed E-state index contributed by atoms with van der Waals surface area (Å²) in [6, 6.07) is 0. The lowest BCUT2D eigenvalue weighted by molar-refractivity contribution is -0.161. The summed E-state index contributed by atoms with van der Waals surface area (Å²) in [5.41, 5.74) is 0. The zero-order valence-corrected chi connectivity index (χ0v) is 55.8. The van der Waals surface area contributed by atoms with Gasteiger partial charge in [0.05, 0.1) is 6.61 Å². The third-order valence-corrected chi connectivity index (χ3v) is 15.7. The standard InChI is InChI=1S/C80H136O5/c1-3-5-7-9-11-13-15-17-19-21-23-25-27-29-31-33-35-36-37-38-39-40-41-42-43-44-45-47-49-51-53-55-57-59-61-63-65-67-69-71-73-75-80(83)85-78(76-81)77-84-79(82)74-72-70-68-66-64-62-60-58-56-54-52-50-48-46-34-32-30-28-26-24-22-20-18-16-14-12-10-8-6-4-2/h5,7,11,13,17,19,23,25,29,31,35-36,38-39,41-42,44-45,49,51,55,57,78,81H,3-4,6,8-10,12,14-16,18,20-22,24,26-28,30,32-34,37,40,43,46-48,50,52-54,56,58-77H2,1-2H3/b7-5-,13-11-,19-17-,25-23-,31-29-,36-35-,39-38-,42-41-,45-44-,51-49-,57-55-. The number of esters is 2. The molecule has 0 fully saturated rings. The van der Waals surface area contributed by atoms with E-state index in [-0.39, 0.29) is 25.2 Å². The molecule has 0 aromatic rings. The van der Waals surface area contributed by atoms with Gasteiger partial charge in [-0.25, -0.2) is 0 Å². The van der Waals surface area contributed by atoms with Crippen molar-refractivity contribution in [2.45, 2.75) is 347 Å². The minimum absolute atomic E-state index is 0.0734. The minimum Gasteiger partial charge on any atom is -0.462 e. The van der Waals surface area contributed by atoms with Crippen molar-refractivity contribution in [1.29, 1.82) is 0 Å². The summed E-state index contributed by atoms with van der Waals surface area (Å²) in [5.74, 6) is -0.596. The van der Waals surface area contributed by atoms with Crippen LogP contribution in [0.15, 0.2) is 134 Å². The molecule has 0 aliphatic heterocycles. The molecule has 1 unspecified atom stereocenters. The molecule has 0 amide bonds. The summed E-state index contributed by atoms with van der Waals surface area (Å²) < 4.78 is 10.8. The van der Waals surface area contributed by atoms with Gasteiger partial charge in [0.15, 0.2) is 6.10 Å². The monoisotopic (exact) mass is 1180 g/mol. The molecule has 0 aromatic carbocycles. The topological polar surface area (TPSA) is 72.8 Å². The molecule has 0 saturated carbocycles. The van der Waals surface area contributed by atoms with E-state index in [1.54, 1.807) is 0 Å². The molecular weight excluding hydrogens is 1040 g/mol. The van der Waals surface area contributed by atoms with E-state index in [0.717, 1.165) is 116 Å². The van der Waals surface area contributed by atoms with E-state index in [9.17, 15) is 14.7 Å². The maximum absolute atomic E-state index is 12.4. The number of carbonyl (C=O) groups excluding carboxylic acids is 2. The van der Waals surface area contributed by atoms with Crippen molar-refractivity contribution in [2.24, 2.45) is 0 Å². The average Bonchev–Trinajstić information content (AvgIpc) is 3.52. The van der Waals surface area contributed by atoms with Crippen LogP contribution in [0.3, 0.4) is 0 Å². The lowest BCUT2D eigenvalue weighted by atomic mass is 10.0. The number of carbonyl (C=O) groups is 2. The Morgan fingerprint density at radius 1 is 0.282 bits per heavy atom. The van der Waals surface area contributed by atoms with Crippen molar-refractivity contribution in [3.8, 4) is 0 Å². The first-order valence-corrected chi connectivity index (χ1v) is 36.2. The first kappa shape index (κ1) is 81.0. The van der Waals surface area contributed by atoms with Gasteiger partial charge in [-0.3, -0.25) is 9.59 Å². The highest BCUT2D eigenvalue weighted by atomic mass is 16.6. The summed E-state index contributed by atoms with van der Waals surface area (Å²) in [4.78, 5) is 24.7. The third kappa shape index (κ3) is 72.4. The predicted octanol–water partition coefficient (Wildman–Crippen LogP) is 25.5. The molecule has 0 heterocycles. The van der Waals surface area contributed by atoms with Crippen molar-refractivity contribution in [1.82, 2.24) is 0 Å². The van der Waals surface area contributed by atoms with Crippen molar-refractivity contribution in [2.75, 3.05) is 13.2 Å². The van der Waals surface area contributed by atoms with Crippen LogP contribution in [-0.2, 0) is 19.1 Å². The second-order valence-corrected chi connectivity index (χ2v) is 23.9. The summed E-state index contributed by atoms with van der Waals surface area (Å²) in [6.07, 6.45) is 111. The summed E-state index contributed by atoms with van der Waals surface area (Å²) >= 11 is 0. The lowest BCUT2D eigenvalue weighted by Crippen LogP contribution is -2.28. The van der Waals surface area contributed by atoms with Crippen molar-refractivity contribution >= 4 is 11.9 Å². The van der Waals surface area contributed by atoms with Gasteiger partial charge in [0.2, 0.25) is 0 Å². The Hall–Kier alpha value is -3.96. The average molecular weight is 1180 g/mol. The Kier molecular flexibility index (Phi) is 70.8. The van der Waals surface area contributed by atoms with Crippen LogP contribution in [0.25, 0.3) is 0 Å². The molecule has 0 aliphatic carbocycles. The van der Waals surface area contributed by atoms with Gasteiger partial charge in [-0.05, 0) is 96.3 Å². The van der Waals surface area contributed by atoms with Gasteiger partial charge in [0.1, 0.15) is 6.61 Å². The van der Waals surface area contributed by atoms with Crippen molar-refractivity contribution in [3.63, 3.8) is 0 Å². The van der Waals surface area contributed by atoms with Gasteiger partial charge >= 0.3 is 11.9 Å². The summed E-state index contributed by atoms with van der Waals surface area (Å²) in [5, 5.41) is 9.71. The molecule has 5 heteroatoms. The molecule has 0 saturated heterocycles. The van der Waals surface area contributed by atoms with Crippen LogP contribution in [0, 0.1) is 0 Å². The molecule has 0 aromatic heterocycles. The van der Waals surface area contributed by atoms with Gasteiger partial charge < -0.3 is 14.6 Å². The quantitative estimate of drug-likeness (QED) is 0.0373. The van der Waals surface area contributed by atoms with Crippen LogP contribution in [0.1, 0.15) is 341 Å². The zero-order chi connectivity index (χ0) is 61.2. The summed E-state index contributed by atoms with van der Waals surface area (Å²) in [6.45, 7) is 4.05. The van der Waals surface area contributed by atoms with Gasteiger partial charge in [0, 0.05) is 12.8 Å².